The van der Waals surface area contributed by atoms with E-state index in [1.807, 2.05) is 20.8 Å². The van der Waals surface area contributed by atoms with Crippen molar-refractivity contribution in [1.82, 2.24) is 4.90 Å². The van der Waals surface area contributed by atoms with Crippen molar-refractivity contribution in [3.63, 3.8) is 0 Å². The smallest absolute Gasteiger partial charge is 0.410 e. The van der Waals surface area contributed by atoms with Crippen LogP contribution < -0.4 is 9.47 Å². The molecule has 1 aromatic carbocycles. The number of esters is 1. The number of nitrogens with zero attached hydrogens (tertiary/aromatic N) is 1. The molecule has 2 aliphatic rings. The van der Waals surface area contributed by atoms with Crippen LogP contribution in [0.2, 0.25) is 0 Å². The number of ether oxygens (including phenoxy) is 5. The van der Waals surface area contributed by atoms with Crippen LogP contribution in [0.5, 0.6) is 11.5 Å². The summed E-state index contributed by atoms with van der Waals surface area (Å²) in [5.41, 5.74) is 0.510. The van der Waals surface area contributed by atoms with Gasteiger partial charge in [0.05, 0.1) is 29.8 Å². The molecule has 0 unspecified atom stereocenters. The summed E-state index contributed by atoms with van der Waals surface area (Å²) in [4.78, 5) is 25.9. The molecule has 0 aliphatic carbocycles. The van der Waals surface area contributed by atoms with Gasteiger partial charge in [0, 0.05) is 19.0 Å². The first-order chi connectivity index (χ1) is 13.9. The highest BCUT2D eigenvalue weighted by molar-refractivity contribution is 9.10. The molecule has 0 saturated carbocycles. The van der Waals surface area contributed by atoms with Crippen LogP contribution in [0.1, 0.15) is 50.0 Å². The SMILES string of the molecule is COC(=O)c1cc(Br)c2c(c1C)O[C@@](C)(CO[C@H]1CCN(C(=O)OC(C)(C)C)C1)O2. The summed E-state index contributed by atoms with van der Waals surface area (Å²) in [5.74, 6) is -0.493. The summed E-state index contributed by atoms with van der Waals surface area (Å²) in [6.07, 6.45) is 0.230. The number of rotatable bonds is 4. The maximum absolute atomic E-state index is 12.2. The van der Waals surface area contributed by atoms with E-state index in [4.69, 9.17) is 23.7 Å². The van der Waals surface area contributed by atoms with Crippen molar-refractivity contribution in [2.45, 2.75) is 58.5 Å². The molecule has 166 valence electrons. The van der Waals surface area contributed by atoms with E-state index in [0.717, 1.165) is 0 Å². The molecule has 0 aromatic heterocycles. The molecule has 1 fully saturated rings. The van der Waals surface area contributed by atoms with Crippen molar-refractivity contribution in [2.24, 2.45) is 0 Å². The van der Waals surface area contributed by atoms with Gasteiger partial charge in [0.25, 0.3) is 5.79 Å². The molecular formula is C21H28BrNO7. The molecule has 0 radical (unpaired) electrons. The molecule has 0 N–H and O–H groups in total. The molecule has 1 aromatic rings. The zero-order valence-electron chi connectivity index (χ0n) is 18.2. The van der Waals surface area contributed by atoms with Crippen molar-refractivity contribution < 1.29 is 33.3 Å². The van der Waals surface area contributed by atoms with E-state index in [9.17, 15) is 9.59 Å². The molecule has 8 nitrogen and oxygen atoms in total. The molecule has 2 heterocycles. The highest BCUT2D eigenvalue weighted by Crippen LogP contribution is 2.48. The molecule has 2 aliphatic heterocycles. The minimum absolute atomic E-state index is 0.138. The zero-order chi connectivity index (χ0) is 22.3. The Bertz CT molecular complexity index is 851. The Hall–Kier alpha value is -2.00. The lowest BCUT2D eigenvalue weighted by Gasteiger charge is -2.26. The van der Waals surface area contributed by atoms with E-state index >= 15 is 0 Å². The minimum atomic E-state index is -1.05. The van der Waals surface area contributed by atoms with Gasteiger partial charge in [0.1, 0.15) is 12.2 Å². The average Bonchev–Trinajstić information content (AvgIpc) is 3.26. The Balaban J connectivity index is 1.62. The van der Waals surface area contributed by atoms with Gasteiger partial charge in [-0.25, -0.2) is 9.59 Å². The summed E-state index contributed by atoms with van der Waals surface area (Å²) in [6, 6.07) is 1.66. The lowest BCUT2D eigenvalue weighted by molar-refractivity contribution is -0.132. The third-order valence-corrected chi connectivity index (χ3v) is 5.45. The fourth-order valence-electron chi connectivity index (χ4n) is 3.38. The largest absolute Gasteiger partial charge is 0.465 e. The lowest BCUT2D eigenvalue weighted by Crippen LogP contribution is -2.42. The normalized spacial score (nSPS) is 22.9. The van der Waals surface area contributed by atoms with Gasteiger partial charge in [0.2, 0.25) is 0 Å². The maximum Gasteiger partial charge on any atom is 0.410 e. The van der Waals surface area contributed by atoms with E-state index in [-0.39, 0.29) is 18.8 Å². The van der Waals surface area contributed by atoms with Crippen molar-refractivity contribution >= 4 is 28.0 Å². The van der Waals surface area contributed by atoms with Crippen LogP contribution in [0.15, 0.2) is 10.5 Å². The van der Waals surface area contributed by atoms with E-state index in [1.54, 1.807) is 24.8 Å². The number of carbonyl (C=O) groups excluding carboxylic acids is 2. The topological polar surface area (TPSA) is 83.5 Å². The Kier molecular flexibility index (Phi) is 6.25. The Labute approximate surface area is 184 Å². The molecule has 1 amide bonds. The van der Waals surface area contributed by atoms with Crippen LogP contribution in [0.4, 0.5) is 4.79 Å². The second kappa shape index (κ2) is 8.26. The van der Waals surface area contributed by atoms with Gasteiger partial charge >= 0.3 is 12.1 Å². The molecule has 3 rings (SSSR count). The zero-order valence-corrected chi connectivity index (χ0v) is 19.8. The number of hydrogen-bond acceptors (Lipinski definition) is 7. The van der Waals surface area contributed by atoms with Crippen molar-refractivity contribution in [3.8, 4) is 11.5 Å². The summed E-state index contributed by atoms with van der Waals surface area (Å²) < 4.78 is 28.9. The van der Waals surface area contributed by atoms with E-state index in [1.165, 1.54) is 7.11 Å². The van der Waals surface area contributed by atoms with Crippen molar-refractivity contribution in [3.05, 3.63) is 21.7 Å². The average molecular weight is 486 g/mol. The number of carbonyl (C=O) groups is 2. The summed E-state index contributed by atoms with van der Waals surface area (Å²) in [6.45, 7) is 10.3. The predicted octanol–water partition coefficient (Wildman–Crippen LogP) is 4.06. The van der Waals surface area contributed by atoms with E-state index < -0.39 is 17.4 Å². The molecule has 9 heteroatoms. The van der Waals surface area contributed by atoms with Gasteiger partial charge in [-0.05, 0) is 56.1 Å². The fourth-order valence-corrected chi connectivity index (χ4v) is 3.87. The van der Waals surface area contributed by atoms with Gasteiger partial charge < -0.3 is 28.6 Å². The number of benzene rings is 1. The van der Waals surface area contributed by atoms with Crippen LogP contribution >= 0.6 is 15.9 Å². The van der Waals surface area contributed by atoms with Crippen molar-refractivity contribution in [2.75, 3.05) is 26.8 Å². The Morgan fingerprint density at radius 1 is 1.30 bits per heavy atom. The number of fused-ring (bicyclic) bond motifs is 1. The molecule has 2 atom stereocenters. The van der Waals surface area contributed by atoms with Gasteiger partial charge in [-0.15, -0.1) is 0 Å². The predicted molar refractivity (Wildman–Crippen MR) is 112 cm³/mol. The second-order valence-electron chi connectivity index (χ2n) is 8.67. The highest BCUT2D eigenvalue weighted by atomic mass is 79.9. The molecule has 30 heavy (non-hydrogen) atoms. The molecule has 1 saturated heterocycles. The standard InChI is InChI=1S/C21H28BrNO7/c1-12-14(18(24)26-6)9-15(22)17-16(12)28-21(5,29-17)11-27-13-7-8-23(10-13)19(25)30-20(2,3)4/h9,13H,7-8,10-11H2,1-6H3/t13-,21+/m0/s1. The van der Waals surface area contributed by atoms with Crippen LogP contribution in [0.3, 0.4) is 0 Å². The maximum atomic E-state index is 12.2. The summed E-state index contributed by atoms with van der Waals surface area (Å²) >= 11 is 3.43. The quantitative estimate of drug-likeness (QED) is 0.594. The first-order valence-corrected chi connectivity index (χ1v) is 10.6. The number of halogens is 1. The second-order valence-corrected chi connectivity index (χ2v) is 9.52. The molecule has 0 spiro atoms. The summed E-state index contributed by atoms with van der Waals surface area (Å²) in [7, 11) is 1.33. The van der Waals surface area contributed by atoms with E-state index in [2.05, 4.69) is 15.9 Å². The van der Waals surface area contributed by atoms with Gasteiger partial charge in [-0.2, -0.15) is 0 Å². The fraction of sp³-hybridized carbons (Fsp3) is 0.619. The third kappa shape index (κ3) is 4.83. The van der Waals surface area contributed by atoms with Crippen LogP contribution in [-0.4, -0.2) is 61.3 Å². The number of likely N-dealkylation sites (tertiary alicyclic amines) is 1. The number of hydrogen-bond donors (Lipinski definition) is 0. The van der Waals surface area contributed by atoms with Gasteiger partial charge in [-0.1, -0.05) is 0 Å². The van der Waals surface area contributed by atoms with Gasteiger partial charge in [-0.3, -0.25) is 0 Å². The van der Waals surface area contributed by atoms with Crippen LogP contribution in [0, 0.1) is 6.92 Å². The van der Waals surface area contributed by atoms with Crippen LogP contribution in [0.25, 0.3) is 0 Å². The summed E-state index contributed by atoms with van der Waals surface area (Å²) in [5, 5.41) is 0. The van der Waals surface area contributed by atoms with Crippen molar-refractivity contribution in [1.29, 1.82) is 0 Å². The lowest BCUT2D eigenvalue weighted by atomic mass is 10.1. The minimum Gasteiger partial charge on any atom is -0.465 e. The number of methoxy groups -OCH3 is 1. The first kappa shape index (κ1) is 22.7. The molecular weight excluding hydrogens is 458 g/mol. The highest BCUT2D eigenvalue weighted by Gasteiger charge is 2.42. The Morgan fingerprint density at radius 2 is 1.97 bits per heavy atom. The van der Waals surface area contributed by atoms with Crippen LogP contribution in [-0.2, 0) is 14.2 Å². The van der Waals surface area contributed by atoms with E-state index in [0.29, 0.717) is 46.6 Å². The monoisotopic (exact) mass is 485 g/mol. The Morgan fingerprint density at radius 3 is 2.60 bits per heavy atom. The van der Waals surface area contributed by atoms with Gasteiger partial charge in [0.15, 0.2) is 11.5 Å². The molecule has 0 bridgehead atoms. The first-order valence-electron chi connectivity index (χ1n) is 9.81. The third-order valence-electron chi connectivity index (χ3n) is 4.86. The number of amides is 1.